The van der Waals surface area contributed by atoms with Crippen LogP contribution in [0.15, 0.2) is 72.3 Å². The molecule has 3 aromatic rings. The van der Waals surface area contributed by atoms with Crippen LogP contribution in [0.25, 0.3) is 6.08 Å². The molecule has 1 aliphatic rings. The van der Waals surface area contributed by atoms with Crippen LogP contribution in [0, 0.1) is 0 Å². The number of hydrogen-bond acceptors (Lipinski definition) is 7. The Hall–Kier alpha value is -4.83. The summed E-state index contributed by atoms with van der Waals surface area (Å²) in [6.07, 6.45) is 1.33. The van der Waals surface area contributed by atoms with E-state index in [1.54, 1.807) is 43.5 Å². The zero-order chi connectivity index (χ0) is 27.2. The second-order valence-corrected chi connectivity index (χ2v) is 8.35. The van der Waals surface area contributed by atoms with Crippen LogP contribution in [0.4, 0.5) is 16.2 Å². The Balaban J connectivity index is 1.48. The molecule has 3 aromatic carbocycles. The molecule has 38 heavy (non-hydrogen) atoms. The number of carbonyl (C=O) groups excluding carboxylic acids is 4. The molecule has 1 saturated heterocycles. The highest BCUT2D eigenvalue weighted by molar-refractivity contribution is 6.39. The van der Waals surface area contributed by atoms with Crippen molar-refractivity contribution in [3.63, 3.8) is 0 Å². The fraction of sp³-hybridized carbons (Fsp3) is 0.111. The number of anilines is 2. The number of nitrogens with one attached hydrogen (secondary N) is 2. The Morgan fingerprint density at radius 3 is 2.32 bits per heavy atom. The lowest BCUT2D eigenvalue weighted by Crippen LogP contribution is -2.54. The van der Waals surface area contributed by atoms with Crippen molar-refractivity contribution in [1.29, 1.82) is 0 Å². The highest BCUT2D eigenvalue weighted by Gasteiger charge is 2.36. The lowest BCUT2D eigenvalue weighted by Gasteiger charge is -2.26. The predicted molar refractivity (Wildman–Crippen MR) is 141 cm³/mol. The average Bonchev–Trinajstić information content (AvgIpc) is 2.91. The molecule has 194 valence electrons. The van der Waals surface area contributed by atoms with Gasteiger partial charge in [0, 0.05) is 10.7 Å². The summed E-state index contributed by atoms with van der Waals surface area (Å²) in [7, 11) is 2.96. The second-order valence-electron chi connectivity index (χ2n) is 7.91. The number of barbiturate groups is 1. The number of methoxy groups -OCH3 is 2. The van der Waals surface area contributed by atoms with Crippen LogP contribution in [0.5, 0.6) is 17.2 Å². The van der Waals surface area contributed by atoms with Gasteiger partial charge in [-0.1, -0.05) is 17.7 Å². The third-order valence-electron chi connectivity index (χ3n) is 5.42. The molecule has 1 aliphatic heterocycles. The van der Waals surface area contributed by atoms with Crippen molar-refractivity contribution >= 4 is 52.8 Å². The summed E-state index contributed by atoms with van der Waals surface area (Å²) in [4.78, 5) is 51.0. The maximum absolute atomic E-state index is 13.1. The van der Waals surface area contributed by atoms with E-state index in [0.717, 1.165) is 4.90 Å². The maximum atomic E-state index is 13.1. The number of carbonyl (C=O) groups is 4. The maximum Gasteiger partial charge on any atom is 0.335 e. The Kier molecular flexibility index (Phi) is 7.93. The van der Waals surface area contributed by atoms with Gasteiger partial charge in [-0.15, -0.1) is 0 Å². The van der Waals surface area contributed by atoms with Gasteiger partial charge in [0.1, 0.15) is 11.3 Å². The number of hydrogen-bond donors (Lipinski definition) is 2. The van der Waals surface area contributed by atoms with E-state index in [2.05, 4.69) is 10.6 Å². The molecule has 0 unspecified atom stereocenters. The predicted octanol–water partition coefficient (Wildman–Crippen LogP) is 4.04. The van der Waals surface area contributed by atoms with Crippen LogP contribution >= 0.6 is 11.6 Å². The summed E-state index contributed by atoms with van der Waals surface area (Å²) >= 11 is 5.89. The fourth-order valence-electron chi connectivity index (χ4n) is 3.56. The zero-order valence-electron chi connectivity index (χ0n) is 20.3. The van der Waals surface area contributed by atoms with Crippen molar-refractivity contribution in [1.82, 2.24) is 5.32 Å². The molecular weight excluding hydrogens is 514 g/mol. The van der Waals surface area contributed by atoms with Gasteiger partial charge in [0.05, 0.1) is 19.9 Å². The summed E-state index contributed by atoms with van der Waals surface area (Å²) in [5.41, 5.74) is 1.01. The van der Waals surface area contributed by atoms with Gasteiger partial charge < -0.3 is 19.5 Å². The van der Waals surface area contributed by atoms with Crippen LogP contribution in [-0.2, 0) is 14.4 Å². The van der Waals surface area contributed by atoms with Gasteiger partial charge in [-0.2, -0.15) is 0 Å². The van der Waals surface area contributed by atoms with Gasteiger partial charge in [-0.3, -0.25) is 19.7 Å². The first-order valence-electron chi connectivity index (χ1n) is 11.2. The number of benzene rings is 3. The lowest BCUT2D eigenvalue weighted by molar-refractivity contribution is -0.122. The van der Waals surface area contributed by atoms with Crippen LogP contribution in [0.2, 0.25) is 5.02 Å². The topological polar surface area (TPSA) is 123 Å². The minimum atomic E-state index is -0.867. The zero-order valence-corrected chi connectivity index (χ0v) is 21.1. The van der Waals surface area contributed by atoms with E-state index < -0.39 is 17.8 Å². The largest absolute Gasteiger partial charge is 0.497 e. The Labute approximate surface area is 222 Å². The Bertz CT molecular complexity index is 1420. The molecule has 0 aliphatic carbocycles. The van der Waals surface area contributed by atoms with Crippen LogP contribution in [-0.4, -0.2) is 44.6 Å². The van der Waals surface area contributed by atoms with Crippen molar-refractivity contribution in [2.75, 3.05) is 31.0 Å². The molecule has 0 spiro atoms. The molecule has 1 fully saturated rings. The quantitative estimate of drug-likeness (QED) is 0.329. The summed E-state index contributed by atoms with van der Waals surface area (Å²) in [6.45, 7) is -0.290. The normalized spacial score (nSPS) is 14.2. The van der Waals surface area contributed by atoms with E-state index in [-0.39, 0.29) is 35.3 Å². The monoisotopic (exact) mass is 535 g/mol. The van der Waals surface area contributed by atoms with Crippen molar-refractivity contribution < 1.29 is 33.4 Å². The van der Waals surface area contributed by atoms with E-state index in [1.807, 2.05) is 0 Å². The number of rotatable bonds is 8. The van der Waals surface area contributed by atoms with Gasteiger partial charge in [0.2, 0.25) is 0 Å². The van der Waals surface area contributed by atoms with Crippen LogP contribution in [0.1, 0.15) is 5.56 Å². The third kappa shape index (κ3) is 5.93. The summed E-state index contributed by atoms with van der Waals surface area (Å²) < 4.78 is 16.1. The van der Waals surface area contributed by atoms with Crippen molar-refractivity contribution in [2.45, 2.75) is 0 Å². The molecular formula is C27H22ClN3O7. The SMILES string of the molecule is COc1ccc(NC(=O)COc2ccc(/C=C3/C(=O)NC(=O)N(c4ccc(Cl)cc4)C3=O)cc2OC)cc1. The highest BCUT2D eigenvalue weighted by atomic mass is 35.5. The molecule has 4 rings (SSSR count). The van der Waals surface area contributed by atoms with Gasteiger partial charge in [-0.25, -0.2) is 9.69 Å². The van der Waals surface area contributed by atoms with Gasteiger partial charge in [-0.05, 0) is 72.3 Å². The van der Waals surface area contributed by atoms with Crippen LogP contribution < -0.4 is 29.7 Å². The first-order chi connectivity index (χ1) is 18.3. The fourth-order valence-corrected chi connectivity index (χ4v) is 3.68. The standard InChI is InChI=1S/C27H22ClN3O7/c1-36-20-10-6-18(7-11-20)29-24(32)15-38-22-12-3-16(14-23(22)37-2)13-21-25(33)30-27(35)31(26(21)34)19-8-4-17(28)5-9-19/h3-14H,15H2,1-2H3,(H,29,32)(H,30,33,35)/b21-13-. The van der Waals surface area contributed by atoms with Gasteiger partial charge in [0.25, 0.3) is 17.7 Å². The molecule has 1 heterocycles. The van der Waals surface area contributed by atoms with Crippen molar-refractivity contribution in [3.8, 4) is 17.2 Å². The van der Waals surface area contributed by atoms with Gasteiger partial charge in [0.15, 0.2) is 18.1 Å². The second kappa shape index (κ2) is 11.5. The van der Waals surface area contributed by atoms with E-state index in [4.69, 9.17) is 25.8 Å². The number of nitrogens with zero attached hydrogens (tertiary/aromatic N) is 1. The molecule has 5 amide bonds. The number of halogens is 1. The Morgan fingerprint density at radius 2 is 1.66 bits per heavy atom. The van der Waals surface area contributed by atoms with Gasteiger partial charge >= 0.3 is 6.03 Å². The molecule has 0 aromatic heterocycles. The lowest BCUT2D eigenvalue weighted by atomic mass is 10.1. The molecule has 0 radical (unpaired) electrons. The number of imide groups is 2. The molecule has 10 nitrogen and oxygen atoms in total. The highest BCUT2D eigenvalue weighted by Crippen LogP contribution is 2.30. The minimum Gasteiger partial charge on any atom is -0.497 e. The third-order valence-corrected chi connectivity index (χ3v) is 5.67. The summed E-state index contributed by atoms with van der Waals surface area (Å²) in [5, 5.41) is 5.30. The van der Waals surface area contributed by atoms with Crippen molar-refractivity contribution in [2.24, 2.45) is 0 Å². The molecule has 0 saturated carbocycles. The number of amides is 5. The van der Waals surface area contributed by atoms with E-state index in [0.29, 0.717) is 22.0 Å². The molecule has 0 atom stereocenters. The first-order valence-corrected chi connectivity index (χ1v) is 11.6. The number of urea groups is 1. The van der Waals surface area contributed by atoms with E-state index in [9.17, 15) is 19.2 Å². The van der Waals surface area contributed by atoms with E-state index >= 15 is 0 Å². The molecule has 11 heteroatoms. The summed E-state index contributed by atoms with van der Waals surface area (Å²) in [6, 6.07) is 16.7. The smallest absolute Gasteiger partial charge is 0.335 e. The first kappa shape index (κ1) is 26.2. The molecule has 0 bridgehead atoms. The van der Waals surface area contributed by atoms with Crippen molar-refractivity contribution in [3.05, 3.63) is 82.9 Å². The minimum absolute atomic E-state index is 0.254. The van der Waals surface area contributed by atoms with Crippen LogP contribution in [0.3, 0.4) is 0 Å². The van der Waals surface area contributed by atoms with E-state index in [1.165, 1.54) is 43.5 Å². The number of ether oxygens (including phenoxy) is 3. The summed E-state index contributed by atoms with van der Waals surface area (Å²) in [5.74, 6) is -0.811. The Morgan fingerprint density at radius 1 is 0.947 bits per heavy atom. The molecule has 2 N–H and O–H groups in total. The average molecular weight is 536 g/mol.